The minimum Gasteiger partial charge on any atom is -0.486 e. The predicted molar refractivity (Wildman–Crippen MR) is 93.4 cm³/mol. The van der Waals surface area contributed by atoms with Crippen LogP contribution in [0.3, 0.4) is 0 Å². The molecule has 1 N–H and O–H groups in total. The summed E-state index contributed by atoms with van der Waals surface area (Å²) in [5.74, 6) is 1.06. The Morgan fingerprint density at radius 1 is 1.27 bits per heavy atom. The lowest BCUT2D eigenvalue weighted by molar-refractivity contribution is -0.116. The highest BCUT2D eigenvalue weighted by atomic mass is 16.6. The normalized spacial score (nSPS) is 13.0. The molecule has 0 bridgehead atoms. The smallest absolute Gasteiger partial charge is 0.264 e. The van der Waals surface area contributed by atoms with Gasteiger partial charge in [0.05, 0.1) is 12.5 Å². The van der Waals surface area contributed by atoms with Crippen LogP contribution >= 0.6 is 0 Å². The standard InChI is InChI=1S/C17H17N5O4/c1-21-16-12(9-19-21)17(24)22(10-18-16)5-4-15(23)20-11-2-3-13-14(8-11)26-7-6-25-13/h2-3,8-10H,4-7H2,1H3,(H,20,23). The maximum atomic E-state index is 12.4. The van der Waals surface area contributed by atoms with Crippen molar-refractivity contribution in [1.29, 1.82) is 0 Å². The number of nitrogens with zero attached hydrogens (tertiary/aromatic N) is 4. The van der Waals surface area contributed by atoms with E-state index >= 15 is 0 Å². The van der Waals surface area contributed by atoms with Crippen molar-refractivity contribution in [2.75, 3.05) is 18.5 Å². The first kappa shape index (κ1) is 16.1. The van der Waals surface area contributed by atoms with Crippen LogP contribution in [0.5, 0.6) is 11.5 Å². The molecule has 1 amide bonds. The van der Waals surface area contributed by atoms with Gasteiger partial charge in [0.2, 0.25) is 5.91 Å². The number of amides is 1. The van der Waals surface area contributed by atoms with Crippen LogP contribution in [0.4, 0.5) is 5.69 Å². The van der Waals surface area contributed by atoms with Gasteiger partial charge in [0.1, 0.15) is 18.6 Å². The van der Waals surface area contributed by atoms with Crippen LogP contribution in [0.1, 0.15) is 6.42 Å². The molecule has 26 heavy (non-hydrogen) atoms. The van der Waals surface area contributed by atoms with Crippen molar-refractivity contribution in [2.24, 2.45) is 7.05 Å². The van der Waals surface area contributed by atoms with E-state index in [1.165, 1.54) is 21.8 Å². The molecule has 0 saturated heterocycles. The third-order valence-corrected chi connectivity index (χ3v) is 4.12. The first-order valence-corrected chi connectivity index (χ1v) is 8.18. The minimum atomic E-state index is -0.213. The van der Waals surface area contributed by atoms with Crippen LogP contribution in [0.25, 0.3) is 11.0 Å². The third kappa shape index (κ3) is 2.99. The molecule has 9 nitrogen and oxygen atoms in total. The second-order valence-corrected chi connectivity index (χ2v) is 5.91. The fourth-order valence-electron chi connectivity index (χ4n) is 2.79. The molecule has 0 unspecified atom stereocenters. The fourth-order valence-corrected chi connectivity index (χ4v) is 2.79. The van der Waals surface area contributed by atoms with Crippen molar-refractivity contribution in [3.63, 3.8) is 0 Å². The van der Waals surface area contributed by atoms with Gasteiger partial charge in [-0.05, 0) is 12.1 Å². The molecule has 2 aromatic heterocycles. The zero-order valence-electron chi connectivity index (χ0n) is 14.1. The average Bonchev–Trinajstić information content (AvgIpc) is 3.03. The second kappa shape index (κ2) is 6.51. The SMILES string of the molecule is Cn1ncc2c(=O)n(CCC(=O)Nc3ccc4c(c3)OCCO4)cnc21. The monoisotopic (exact) mass is 355 g/mol. The van der Waals surface area contributed by atoms with Crippen LogP contribution in [-0.2, 0) is 18.4 Å². The fraction of sp³-hybridized carbons (Fsp3) is 0.294. The number of hydrogen-bond acceptors (Lipinski definition) is 6. The summed E-state index contributed by atoms with van der Waals surface area (Å²) in [5.41, 5.74) is 0.926. The molecule has 134 valence electrons. The summed E-state index contributed by atoms with van der Waals surface area (Å²) in [6, 6.07) is 5.23. The lowest BCUT2D eigenvalue weighted by Gasteiger charge is -2.19. The van der Waals surface area contributed by atoms with E-state index in [9.17, 15) is 9.59 Å². The van der Waals surface area contributed by atoms with E-state index in [2.05, 4.69) is 15.4 Å². The van der Waals surface area contributed by atoms with Gasteiger partial charge in [0.25, 0.3) is 5.56 Å². The Labute approximate surface area is 148 Å². The molecule has 1 aromatic carbocycles. The Morgan fingerprint density at radius 3 is 2.92 bits per heavy atom. The molecule has 0 saturated carbocycles. The number of ether oxygens (including phenoxy) is 2. The number of fused-ring (bicyclic) bond motifs is 2. The van der Waals surface area contributed by atoms with Crippen molar-refractivity contribution in [1.82, 2.24) is 19.3 Å². The third-order valence-electron chi connectivity index (χ3n) is 4.12. The lowest BCUT2D eigenvalue weighted by atomic mass is 10.2. The molecule has 3 aromatic rings. The number of aryl methyl sites for hydroxylation is 2. The molecule has 0 spiro atoms. The van der Waals surface area contributed by atoms with Crippen molar-refractivity contribution in [2.45, 2.75) is 13.0 Å². The minimum absolute atomic E-state index is 0.141. The number of carbonyl (C=O) groups excluding carboxylic acids is 1. The van der Waals surface area contributed by atoms with Crippen molar-refractivity contribution in [3.05, 3.63) is 41.1 Å². The summed E-state index contributed by atoms with van der Waals surface area (Å²) in [4.78, 5) is 28.8. The first-order valence-electron chi connectivity index (χ1n) is 8.18. The van der Waals surface area contributed by atoms with Gasteiger partial charge in [-0.1, -0.05) is 0 Å². The second-order valence-electron chi connectivity index (χ2n) is 5.91. The van der Waals surface area contributed by atoms with E-state index in [0.29, 0.717) is 41.4 Å². The van der Waals surface area contributed by atoms with Gasteiger partial charge >= 0.3 is 0 Å². The van der Waals surface area contributed by atoms with E-state index in [1.807, 2.05) is 0 Å². The number of hydrogen-bond donors (Lipinski definition) is 1. The first-order chi connectivity index (χ1) is 12.6. The maximum absolute atomic E-state index is 12.4. The van der Waals surface area contributed by atoms with E-state index in [0.717, 1.165) is 0 Å². The Morgan fingerprint density at radius 2 is 2.08 bits per heavy atom. The van der Waals surface area contributed by atoms with Crippen LogP contribution in [0, 0.1) is 0 Å². The Bertz CT molecular complexity index is 1040. The summed E-state index contributed by atoms with van der Waals surface area (Å²) in [6.45, 7) is 1.23. The van der Waals surface area contributed by atoms with Gasteiger partial charge in [-0.15, -0.1) is 0 Å². The Kier molecular flexibility index (Phi) is 4.04. The molecule has 1 aliphatic heterocycles. The summed E-state index contributed by atoms with van der Waals surface area (Å²) in [7, 11) is 1.72. The van der Waals surface area contributed by atoms with E-state index in [4.69, 9.17) is 9.47 Å². The molecular formula is C17H17N5O4. The van der Waals surface area contributed by atoms with Crippen LogP contribution in [-0.4, -0.2) is 38.5 Å². The molecule has 0 atom stereocenters. The van der Waals surface area contributed by atoms with Crippen LogP contribution in [0.15, 0.2) is 35.5 Å². The molecule has 3 heterocycles. The highest BCUT2D eigenvalue weighted by molar-refractivity contribution is 5.91. The zero-order chi connectivity index (χ0) is 18.1. The quantitative estimate of drug-likeness (QED) is 0.747. The van der Waals surface area contributed by atoms with Gasteiger partial charge in [0, 0.05) is 31.8 Å². The largest absolute Gasteiger partial charge is 0.486 e. The van der Waals surface area contributed by atoms with Gasteiger partial charge in [-0.3, -0.25) is 18.8 Å². The molecule has 0 aliphatic carbocycles. The van der Waals surface area contributed by atoms with E-state index < -0.39 is 0 Å². The number of anilines is 1. The molecular weight excluding hydrogens is 338 g/mol. The Hall–Kier alpha value is -3.36. The topological polar surface area (TPSA) is 100 Å². The highest BCUT2D eigenvalue weighted by Crippen LogP contribution is 2.32. The molecule has 0 radical (unpaired) electrons. The summed E-state index contributed by atoms with van der Waals surface area (Å²) >= 11 is 0. The van der Waals surface area contributed by atoms with Gasteiger partial charge in [-0.2, -0.15) is 5.10 Å². The number of aromatic nitrogens is 4. The van der Waals surface area contributed by atoms with Crippen LogP contribution < -0.4 is 20.3 Å². The summed E-state index contributed by atoms with van der Waals surface area (Å²) in [6.07, 6.45) is 3.06. The lowest BCUT2D eigenvalue weighted by Crippen LogP contribution is -2.23. The number of nitrogens with one attached hydrogen (secondary N) is 1. The zero-order valence-corrected chi connectivity index (χ0v) is 14.1. The van der Waals surface area contributed by atoms with Gasteiger partial charge < -0.3 is 14.8 Å². The van der Waals surface area contributed by atoms with E-state index in [-0.39, 0.29) is 24.4 Å². The molecule has 9 heteroatoms. The van der Waals surface area contributed by atoms with Gasteiger partial charge in [0.15, 0.2) is 17.1 Å². The van der Waals surface area contributed by atoms with Crippen molar-refractivity contribution in [3.8, 4) is 11.5 Å². The Balaban J connectivity index is 1.43. The number of benzene rings is 1. The summed E-state index contributed by atoms with van der Waals surface area (Å²) < 4.78 is 13.9. The predicted octanol–water partition coefficient (Wildman–Crippen LogP) is 0.930. The molecule has 0 fully saturated rings. The molecule has 1 aliphatic rings. The van der Waals surface area contributed by atoms with Gasteiger partial charge in [-0.25, -0.2) is 4.98 Å². The van der Waals surface area contributed by atoms with E-state index in [1.54, 1.807) is 25.2 Å². The molecule has 4 rings (SSSR count). The number of rotatable bonds is 4. The van der Waals surface area contributed by atoms with Crippen molar-refractivity contribution < 1.29 is 14.3 Å². The highest BCUT2D eigenvalue weighted by Gasteiger charge is 2.13. The number of carbonyl (C=O) groups is 1. The summed E-state index contributed by atoms with van der Waals surface area (Å²) in [5, 5.41) is 7.25. The van der Waals surface area contributed by atoms with Crippen molar-refractivity contribution >= 4 is 22.6 Å². The van der Waals surface area contributed by atoms with Crippen LogP contribution in [0.2, 0.25) is 0 Å². The maximum Gasteiger partial charge on any atom is 0.264 e. The average molecular weight is 355 g/mol.